The summed E-state index contributed by atoms with van der Waals surface area (Å²) in [6.45, 7) is 2.18. The fraction of sp³-hybridized carbons (Fsp3) is 0.238. The summed E-state index contributed by atoms with van der Waals surface area (Å²) in [5.74, 6) is -0.492. The van der Waals surface area contributed by atoms with Gasteiger partial charge in [-0.2, -0.15) is 18.2 Å². The lowest BCUT2D eigenvalue weighted by Crippen LogP contribution is -2.44. The number of amides is 1. The first-order valence-electron chi connectivity index (χ1n) is 10.1. The summed E-state index contributed by atoms with van der Waals surface area (Å²) in [6, 6.07) is 8.45. The summed E-state index contributed by atoms with van der Waals surface area (Å²) in [7, 11) is 0. The summed E-state index contributed by atoms with van der Waals surface area (Å²) < 4.78 is 40.4. The van der Waals surface area contributed by atoms with Crippen molar-refractivity contribution in [1.82, 2.24) is 20.3 Å². The number of halogens is 5. The number of benzene rings is 1. The molecular formula is C21H18Cl2F3N7O. The molecule has 0 spiro atoms. The molecule has 1 aliphatic rings. The lowest BCUT2D eigenvalue weighted by atomic mass is 10.2. The van der Waals surface area contributed by atoms with E-state index in [2.05, 4.69) is 30.9 Å². The number of hydrogen-bond donors (Lipinski definition) is 3. The van der Waals surface area contributed by atoms with E-state index < -0.39 is 17.8 Å². The van der Waals surface area contributed by atoms with Gasteiger partial charge in [-0.1, -0.05) is 29.3 Å². The average molecular weight is 512 g/mol. The van der Waals surface area contributed by atoms with Crippen LogP contribution in [0.4, 0.5) is 36.4 Å². The third-order valence-electron chi connectivity index (χ3n) is 4.87. The number of nitrogens with one attached hydrogen (secondary N) is 3. The maximum atomic E-state index is 13.5. The Labute approximate surface area is 202 Å². The first-order chi connectivity index (χ1) is 16.2. The minimum absolute atomic E-state index is 0.0309. The third-order valence-corrected chi connectivity index (χ3v) is 5.50. The number of carbonyl (C=O) groups excluding carboxylic acids is 1. The molecule has 1 amide bonds. The van der Waals surface area contributed by atoms with Gasteiger partial charge in [0.2, 0.25) is 5.95 Å². The number of anilines is 4. The number of hydrogen-bond acceptors (Lipinski definition) is 7. The van der Waals surface area contributed by atoms with Crippen molar-refractivity contribution in [1.29, 1.82) is 0 Å². The van der Waals surface area contributed by atoms with E-state index in [1.54, 1.807) is 11.0 Å². The molecule has 0 atom stereocenters. The van der Waals surface area contributed by atoms with Crippen molar-refractivity contribution in [3.63, 3.8) is 0 Å². The maximum Gasteiger partial charge on any atom is 0.433 e. The molecule has 1 aromatic carbocycles. The number of nitrogens with zero attached hydrogens (tertiary/aromatic N) is 4. The molecule has 3 aromatic rings. The molecule has 1 saturated heterocycles. The lowest BCUT2D eigenvalue weighted by Gasteiger charge is -2.28. The molecule has 34 heavy (non-hydrogen) atoms. The Bertz CT molecular complexity index is 1180. The van der Waals surface area contributed by atoms with E-state index in [4.69, 9.17) is 23.2 Å². The highest BCUT2D eigenvalue weighted by atomic mass is 35.5. The first-order valence-corrected chi connectivity index (χ1v) is 10.9. The summed E-state index contributed by atoms with van der Waals surface area (Å²) in [5, 5.41) is 8.90. The van der Waals surface area contributed by atoms with Crippen molar-refractivity contribution >= 4 is 52.4 Å². The molecule has 0 radical (unpaired) electrons. The van der Waals surface area contributed by atoms with E-state index in [1.807, 2.05) is 0 Å². The van der Waals surface area contributed by atoms with Crippen LogP contribution in [-0.2, 0) is 6.18 Å². The van der Waals surface area contributed by atoms with Crippen molar-refractivity contribution in [2.75, 3.05) is 41.7 Å². The van der Waals surface area contributed by atoms with Crippen LogP contribution in [0.15, 0.2) is 42.6 Å². The Morgan fingerprint density at radius 2 is 1.74 bits per heavy atom. The van der Waals surface area contributed by atoms with E-state index in [9.17, 15) is 18.0 Å². The molecule has 4 rings (SSSR count). The van der Waals surface area contributed by atoms with Crippen LogP contribution >= 0.6 is 23.2 Å². The molecule has 13 heteroatoms. The Kier molecular flexibility index (Phi) is 7.05. The highest BCUT2D eigenvalue weighted by molar-refractivity contribution is 6.40. The molecule has 8 nitrogen and oxygen atoms in total. The minimum Gasteiger partial charge on any atom is -0.338 e. The largest absolute Gasteiger partial charge is 0.433 e. The van der Waals surface area contributed by atoms with E-state index in [-0.39, 0.29) is 33.2 Å². The average Bonchev–Trinajstić information content (AvgIpc) is 2.79. The van der Waals surface area contributed by atoms with Gasteiger partial charge in [-0.15, -0.1) is 0 Å². The molecule has 0 saturated carbocycles. The molecule has 178 valence electrons. The summed E-state index contributed by atoms with van der Waals surface area (Å²) in [4.78, 5) is 26.3. The Balaban J connectivity index is 1.58. The molecule has 0 aliphatic carbocycles. The van der Waals surface area contributed by atoms with E-state index in [0.717, 1.165) is 6.07 Å². The summed E-state index contributed by atoms with van der Waals surface area (Å²) >= 11 is 12.2. The standard InChI is InChI=1S/C21H18Cl2F3N7O/c22-13-2-1-3-14(23)18(13)19(34)29-12-4-5-28-16(10-12)31-17-11-15(21(24,25)26)30-20(32-17)33-8-6-27-7-9-33/h1-5,10-11,27H,6-9H2,(H2,28,29,30,31,32,34). The number of carbonyl (C=O) groups is 1. The van der Waals surface area contributed by atoms with Crippen LogP contribution in [-0.4, -0.2) is 47.0 Å². The van der Waals surface area contributed by atoms with Crippen LogP contribution in [0.1, 0.15) is 16.1 Å². The van der Waals surface area contributed by atoms with Gasteiger partial charge in [0.05, 0.1) is 15.6 Å². The van der Waals surface area contributed by atoms with E-state index in [0.29, 0.717) is 31.9 Å². The van der Waals surface area contributed by atoms with Crippen LogP contribution in [0.3, 0.4) is 0 Å². The van der Waals surface area contributed by atoms with Crippen LogP contribution in [0.5, 0.6) is 0 Å². The number of pyridine rings is 1. The fourth-order valence-electron chi connectivity index (χ4n) is 3.27. The van der Waals surface area contributed by atoms with Gasteiger partial charge in [-0.25, -0.2) is 9.97 Å². The second-order valence-corrected chi connectivity index (χ2v) is 8.09. The molecule has 2 aromatic heterocycles. The van der Waals surface area contributed by atoms with Crippen molar-refractivity contribution in [3.05, 3.63) is 63.9 Å². The third kappa shape index (κ3) is 5.66. The molecule has 1 aliphatic heterocycles. The number of aromatic nitrogens is 3. The second kappa shape index (κ2) is 10.00. The summed E-state index contributed by atoms with van der Waals surface area (Å²) in [5.41, 5.74) is -0.647. The van der Waals surface area contributed by atoms with Crippen LogP contribution in [0.25, 0.3) is 0 Å². The van der Waals surface area contributed by atoms with Crippen LogP contribution < -0.4 is 20.9 Å². The topological polar surface area (TPSA) is 95.1 Å². The summed E-state index contributed by atoms with van der Waals surface area (Å²) in [6.07, 6.45) is -3.27. The molecule has 0 unspecified atom stereocenters. The zero-order chi connectivity index (χ0) is 24.3. The normalized spacial score (nSPS) is 14.1. The highest BCUT2D eigenvalue weighted by Gasteiger charge is 2.34. The Morgan fingerprint density at radius 3 is 2.41 bits per heavy atom. The predicted molar refractivity (Wildman–Crippen MR) is 124 cm³/mol. The van der Waals surface area contributed by atoms with Crippen molar-refractivity contribution < 1.29 is 18.0 Å². The quantitative estimate of drug-likeness (QED) is 0.460. The fourth-order valence-corrected chi connectivity index (χ4v) is 3.84. The van der Waals surface area contributed by atoms with Gasteiger partial charge >= 0.3 is 6.18 Å². The Hall–Kier alpha value is -3.15. The first kappa shape index (κ1) is 24.0. The number of piperazine rings is 1. The lowest BCUT2D eigenvalue weighted by molar-refractivity contribution is -0.141. The molecule has 3 heterocycles. The smallest absolute Gasteiger partial charge is 0.338 e. The van der Waals surface area contributed by atoms with Gasteiger partial charge in [-0.05, 0) is 18.2 Å². The highest BCUT2D eigenvalue weighted by Crippen LogP contribution is 2.31. The SMILES string of the molecule is O=C(Nc1ccnc(Nc2cc(C(F)(F)F)nc(N3CCNCC3)n2)c1)c1c(Cl)cccc1Cl. The second-order valence-electron chi connectivity index (χ2n) is 7.28. The molecule has 1 fully saturated rings. The minimum atomic E-state index is -4.65. The van der Waals surface area contributed by atoms with Crippen molar-refractivity contribution in [2.24, 2.45) is 0 Å². The van der Waals surface area contributed by atoms with Crippen molar-refractivity contribution in [3.8, 4) is 0 Å². The van der Waals surface area contributed by atoms with E-state index in [1.165, 1.54) is 30.5 Å². The van der Waals surface area contributed by atoms with Crippen LogP contribution in [0, 0.1) is 0 Å². The molecule has 0 bridgehead atoms. The number of rotatable bonds is 5. The maximum absolute atomic E-state index is 13.5. The van der Waals surface area contributed by atoms with Gasteiger partial charge < -0.3 is 20.9 Å². The monoisotopic (exact) mass is 511 g/mol. The van der Waals surface area contributed by atoms with Gasteiger partial charge in [0, 0.05) is 50.2 Å². The molecule has 3 N–H and O–H groups in total. The van der Waals surface area contributed by atoms with Gasteiger partial charge in [0.25, 0.3) is 5.91 Å². The van der Waals surface area contributed by atoms with E-state index >= 15 is 0 Å². The Morgan fingerprint density at radius 1 is 1.03 bits per heavy atom. The predicted octanol–water partition coefficient (Wildman–Crippen LogP) is 4.60. The van der Waals surface area contributed by atoms with Crippen LogP contribution in [0.2, 0.25) is 10.0 Å². The van der Waals surface area contributed by atoms with Gasteiger partial charge in [0.1, 0.15) is 11.6 Å². The zero-order valence-corrected chi connectivity index (χ0v) is 19.0. The number of alkyl halides is 3. The van der Waals surface area contributed by atoms with Crippen molar-refractivity contribution in [2.45, 2.75) is 6.18 Å². The van der Waals surface area contributed by atoms with Gasteiger partial charge in [-0.3, -0.25) is 4.79 Å². The van der Waals surface area contributed by atoms with Gasteiger partial charge in [0.15, 0.2) is 5.69 Å². The molecular weight excluding hydrogens is 494 g/mol. The zero-order valence-electron chi connectivity index (χ0n) is 17.5.